The molecule has 192 valence electrons. The zero-order valence-electron chi connectivity index (χ0n) is 21.5. The topological polar surface area (TPSA) is 63.6 Å². The second kappa shape index (κ2) is 19.3. The highest BCUT2D eigenvalue weighted by atomic mass is 32.2. The Morgan fingerprint density at radius 2 is 1.24 bits per heavy atom. The molecule has 0 unspecified atom stereocenters. The number of hydrogen-bond acceptors (Lipinski definition) is 3. The van der Waals surface area contributed by atoms with Crippen molar-refractivity contribution in [2.24, 2.45) is 0 Å². The summed E-state index contributed by atoms with van der Waals surface area (Å²) >= 11 is 0. The monoisotopic (exact) mass is 482 g/mol. The van der Waals surface area contributed by atoms with Crippen LogP contribution in [0.2, 0.25) is 0 Å². The van der Waals surface area contributed by atoms with Crippen LogP contribution in [-0.4, -0.2) is 25.3 Å². The smallest absolute Gasteiger partial charge is 0.264 e. The van der Waals surface area contributed by atoms with Crippen LogP contribution in [-0.2, 0) is 23.0 Å². The molecule has 0 heterocycles. The number of unbranched alkanes of at least 4 members (excludes halogenated alkanes) is 13. The molecular formula is C28H50O4S. The van der Waals surface area contributed by atoms with Gasteiger partial charge in [0.25, 0.3) is 10.1 Å². The second-order valence-corrected chi connectivity index (χ2v) is 11.1. The van der Waals surface area contributed by atoms with Gasteiger partial charge < -0.3 is 4.74 Å². The SMILES string of the molecule is CCCCCCCCCc1cccc(OCCCCS(=O)(=O)O)c1CCCCCCCCC. The molecule has 0 aliphatic rings. The van der Waals surface area contributed by atoms with Gasteiger partial charge in [-0.2, -0.15) is 8.42 Å². The number of benzene rings is 1. The Hall–Kier alpha value is -1.07. The van der Waals surface area contributed by atoms with E-state index < -0.39 is 10.1 Å². The van der Waals surface area contributed by atoms with Gasteiger partial charge in [0.1, 0.15) is 5.75 Å². The minimum Gasteiger partial charge on any atom is -0.493 e. The third kappa shape index (κ3) is 16.2. The van der Waals surface area contributed by atoms with Gasteiger partial charge in [0.15, 0.2) is 0 Å². The van der Waals surface area contributed by atoms with E-state index in [9.17, 15) is 8.42 Å². The first-order valence-electron chi connectivity index (χ1n) is 13.7. The maximum absolute atomic E-state index is 10.9. The first kappa shape index (κ1) is 30.0. The van der Waals surface area contributed by atoms with Crippen LogP contribution in [0.25, 0.3) is 0 Å². The lowest BCUT2D eigenvalue weighted by molar-refractivity contribution is 0.305. The summed E-state index contributed by atoms with van der Waals surface area (Å²) < 4.78 is 36.8. The van der Waals surface area contributed by atoms with Crippen molar-refractivity contribution in [3.05, 3.63) is 29.3 Å². The average molecular weight is 483 g/mol. The molecular weight excluding hydrogens is 432 g/mol. The lowest BCUT2D eigenvalue weighted by atomic mass is 9.95. The molecule has 0 bridgehead atoms. The van der Waals surface area contributed by atoms with Crippen LogP contribution < -0.4 is 4.74 Å². The van der Waals surface area contributed by atoms with E-state index in [1.165, 1.54) is 101 Å². The molecule has 1 N–H and O–H groups in total. The lowest BCUT2D eigenvalue weighted by Gasteiger charge is -2.16. The van der Waals surface area contributed by atoms with Crippen molar-refractivity contribution in [1.82, 2.24) is 0 Å². The molecule has 0 aliphatic carbocycles. The molecule has 0 atom stereocenters. The Balaban J connectivity index is 2.57. The highest BCUT2D eigenvalue weighted by Crippen LogP contribution is 2.27. The van der Waals surface area contributed by atoms with Gasteiger partial charge in [0, 0.05) is 0 Å². The van der Waals surface area contributed by atoms with Crippen LogP contribution >= 0.6 is 0 Å². The van der Waals surface area contributed by atoms with E-state index in [4.69, 9.17) is 9.29 Å². The number of aryl methyl sites for hydroxylation is 1. The lowest BCUT2D eigenvalue weighted by Crippen LogP contribution is -2.07. The summed E-state index contributed by atoms with van der Waals surface area (Å²) in [4.78, 5) is 0. The van der Waals surface area contributed by atoms with Crippen molar-refractivity contribution >= 4 is 10.1 Å². The van der Waals surface area contributed by atoms with E-state index in [1.54, 1.807) is 0 Å². The average Bonchev–Trinajstić information content (AvgIpc) is 2.78. The summed E-state index contributed by atoms with van der Waals surface area (Å²) in [6, 6.07) is 6.42. The van der Waals surface area contributed by atoms with Gasteiger partial charge in [0.2, 0.25) is 0 Å². The Morgan fingerprint density at radius 1 is 0.697 bits per heavy atom. The predicted molar refractivity (Wildman–Crippen MR) is 141 cm³/mol. The molecule has 1 aromatic rings. The molecule has 5 heteroatoms. The molecule has 0 aliphatic heterocycles. The van der Waals surface area contributed by atoms with Crippen molar-refractivity contribution in [2.45, 2.75) is 129 Å². The van der Waals surface area contributed by atoms with E-state index in [2.05, 4.69) is 32.0 Å². The third-order valence-corrected chi connectivity index (χ3v) is 7.17. The minimum absolute atomic E-state index is 0.195. The number of hydrogen-bond donors (Lipinski definition) is 1. The molecule has 33 heavy (non-hydrogen) atoms. The number of ether oxygens (including phenoxy) is 1. The van der Waals surface area contributed by atoms with Crippen molar-refractivity contribution in [3.63, 3.8) is 0 Å². The third-order valence-electron chi connectivity index (χ3n) is 6.36. The molecule has 1 rings (SSSR count). The van der Waals surface area contributed by atoms with Gasteiger partial charge in [-0.15, -0.1) is 0 Å². The fourth-order valence-electron chi connectivity index (χ4n) is 4.36. The maximum atomic E-state index is 10.9. The van der Waals surface area contributed by atoms with Gasteiger partial charge >= 0.3 is 0 Å². The fraction of sp³-hybridized carbons (Fsp3) is 0.786. The van der Waals surface area contributed by atoms with E-state index in [1.807, 2.05) is 0 Å². The van der Waals surface area contributed by atoms with Gasteiger partial charge in [-0.25, -0.2) is 0 Å². The predicted octanol–water partition coefficient (Wildman–Crippen LogP) is 8.32. The van der Waals surface area contributed by atoms with Gasteiger partial charge in [-0.1, -0.05) is 103 Å². The molecule has 0 aromatic heterocycles. The van der Waals surface area contributed by atoms with Crippen LogP contribution in [0.15, 0.2) is 18.2 Å². The van der Waals surface area contributed by atoms with Crippen molar-refractivity contribution in [3.8, 4) is 5.75 Å². The molecule has 0 fully saturated rings. The Labute approximate surface area is 204 Å². The van der Waals surface area contributed by atoms with Crippen LogP contribution in [0.5, 0.6) is 5.75 Å². The number of rotatable bonds is 22. The van der Waals surface area contributed by atoms with E-state index in [0.29, 0.717) is 19.4 Å². The summed E-state index contributed by atoms with van der Waals surface area (Å²) in [5.41, 5.74) is 2.77. The van der Waals surface area contributed by atoms with Gasteiger partial charge in [0.05, 0.1) is 12.4 Å². The summed E-state index contributed by atoms with van der Waals surface area (Å²) in [5, 5.41) is 0. The molecule has 0 saturated carbocycles. The molecule has 0 spiro atoms. The molecule has 1 aromatic carbocycles. The van der Waals surface area contributed by atoms with Crippen molar-refractivity contribution in [1.29, 1.82) is 0 Å². The quantitative estimate of drug-likeness (QED) is 0.133. The first-order chi connectivity index (χ1) is 16.0. The fourth-order valence-corrected chi connectivity index (χ4v) is 4.93. The van der Waals surface area contributed by atoms with Crippen LogP contribution in [0.1, 0.15) is 128 Å². The molecule has 0 radical (unpaired) electrons. The zero-order valence-corrected chi connectivity index (χ0v) is 22.3. The molecule has 4 nitrogen and oxygen atoms in total. The van der Waals surface area contributed by atoms with Crippen LogP contribution in [0, 0.1) is 0 Å². The molecule has 0 amide bonds. The summed E-state index contributed by atoms with van der Waals surface area (Å²) in [5.74, 6) is 0.771. The normalized spacial score (nSPS) is 11.7. The van der Waals surface area contributed by atoms with Crippen molar-refractivity contribution in [2.75, 3.05) is 12.4 Å². The second-order valence-electron chi connectivity index (χ2n) is 9.48. The summed E-state index contributed by atoms with van der Waals surface area (Å²) in [7, 11) is -3.88. The Morgan fingerprint density at radius 3 is 1.82 bits per heavy atom. The largest absolute Gasteiger partial charge is 0.493 e. The van der Waals surface area contributed by atoms with E-state index >= 15 is 0 Å². The standard InChI is InChI=1S/C28H50O4S/c1-3-5-7-9-11-13-15-20-26-21-19-23-28(32-24-17-18-25-33(29,30)31)27(26)22-16-14-12-10-8-6-4-2/h19,21,23H,3-18,20,22,24-25H2,1-2H3,(H,29,30,31). The zero-order chi connectivity index (χ0) is 24.2. The summed E-state index contributed by atoms with van der Waals surface area (Å²) in [6.45, 7) is 5.00. The first-order valence-corrected chi connectivity index (χ1v) is 15.3. The highest BCUT2D eigenvalue weighted by molar-refractivity contribution is 7.85. The van der Waals surface area contributed by atoms with Gasteiger partial charge in [-0.05, 0) is 55.7 Å². The van der Waals surface area contributed by atoms with E-state index in [-0.39, 0.29) is 5.75 Å². The Kier molecular flexibility index (Phi) is 17.5. The Bertz CT molecular complexity index is 700. The van der Waals surface area contributed by atoms with Crippen LogP contribution in [0.4, 0.5) is 0 Å². The minimum atomic E-state index is -3.88. The maximum Gasteiger partial charge on any atom is 0.264 e. The van der Waals surface area contributed by atoms with Gasteiger partial charge in [-0.3, -0.25) is 4.55 Å². The van der Waals surface area contributed by atoms with Crippen molar-refractivity contribution < 1.29 is 17.7 Å². The van der Waals surface area contributed by atoms with Crippen LogP contribution in [0.3, 0.4) is 0 Å². The summed E-state index contributed by atoms with van der Waals surface area (Å²) in [6.07, 6.45) is 21.5. The molecule has 0 saturated heterocycles. The van der Waals surface area contributed by atoms with E-state index in [0.717, 1.165) is 18.6 Å². The highest BCUT2D eigenvalue weighted by Gasteiger charge is 2.11.